The number of H-pyrrole nitrogens is 1. The minimum Gasteiger partial charge on any atom is -0.497 e. The van der Waals surface area contributed by atoms with E-state index in [1.807, 2.05) is 79.0 Å². The lowest BCUT2D eigenvalue weighted by Crippen LogP contribution is -2.43. The Labute approximate surface area is 245 Å². The number of carbonyl (C=O) groups is 2. The number of nitrogens with one attached hydrogen (secondary N) is 2. The summed E-state index contributed by atoms with van der Waals surface area (Å²) in [6.45, 7) is 0.222. The average Bonchev–Trinajstić information content (AvgIpc) is 3.57. The third-order valence-electron chi connectivity index (χ3n) is 7.56. The van der Waals surface area contributed by atoms with E-state index in [0.717, 1.165) is 44.3 Å². The molecule has 6 rings (SSSR count). The van der Waals surface area contributed by atoms with Crippen LogP contribution in [0.25, 0.3) is 22.0 Å². The second kappa shape index (κ2) is 12.6. The molecular weight excluding hydrogens is 528 g/mol. The summed E-state index contributed by atoms with van der Waals surface area (Å²) < 4.78 is 16.6. The van der Waals surface area contributed by atoms with Crippen molar-refractivity contribution in [2.45, 2.75) is 32.4 Å². The number of rotatable bonds is 9. The fourth-order valence-corrected chi connectivity index (χ4v) is 5.47. The van der Waals surface area contributed by atoms with Crippen LogP contribution in [0.2, 0.25) is 0 Å². The predicted molar refractivity (Wildman–Crippen MR) is 164 cm³/mol. The van der Waals surface area contributed by atoms with Crippen molar-refractivity contribution in [2.24, 2.45) is 0 Å². The second-order valence-electron chi connectivity index (χ2n) is 10.0. The Morgan fingerprint density at radius 1 is 0.833 bits per heavy atom. The largest absolute Gasteiger partial charge is 0.497 e. The summed E-state index contributed by atoms with van der Waals surface area (Å²) in [5, 5.41) is 3.76. The van der Waals surface area contributed by atoms with Crippen LogP contribution in [0.15, 0.2) is 103 Å². The number of hydrogen-bond acceptors (Lipinski definition) is 5. The number of esters is 1. The zero-order chi connectivity index (χ0) is 28.2. The van der Waals surface area contributed by atoms with Crippen molar-refractivity contribution >= 4 is 23.0 Å². The molecule has 7 nitrogen and oxygen atoms in total. The monoisotopic (exact) mass is 562 g/mol. The summed E-state index contributed by atoms with van der Waals surface area (Å²) in [5.74, 6) is 0.0936. The third-order valence-corrected chi connectivity index (χ3v) is 7.56. The molecule has 0 aliphatic heterocycles. The number of benzene rings is 4. The van der Waals surface area contributed by atoms with E-state index >= 15 is 0 Å². The van der Waals surface area contributed by atoms with Crippen LogP contribution >= 0.6 is 0 Å². The SMILES string of the molecule is C.COc1ccc(COC(=O)[C@@H](Cc2c[nH]c3ccccc23)NC(=O)OCC2c3ccccc3-c3ccccc32)cc1. The molecule has 1 atom stereocenters. The first-order valence-corrected chi connectivity index (χ1v) is 13.6. The highest BCUT2D eigenvalue weighted by molar-refractivity contribution is 5.86. The first-order valence-electron chi connectivity index (χ1n) is 13.6. The minimum absolute atomic E-state index is 0. The number of hydrogen-bond donors (Lipinski definition) is 2. The van der Waals surface area contributed by atoms with Crippen molar-refractivity contribution in [2.75, 3.05) is 13.7 Å². The van der Waals surface area contributed by atoms with Gasteiger partial charge in [0.1, 0.15) is 25.0 Å². The summed E-state index contributed by atoms with van der Waals surface area (Å²) in [6, 6.07) is 30.5. The highest BCUT2D eigenvalue weighted by Crippen LogP contribution is 2.44. The molecule has 0 spiro atoms. The maximum Gasteiger partial charge on any atom is 0.407 e. The molecule has 0 fully saturated rings. The Morgan fingerprint density at radius 3 is 2.17 bits per heavy atom. The molecule has 1 aliphatic carbocycles. The van der Waals surface area contributed by atoms with E-state index < -0.39 is 18.1 Å². The molecule has 1 amide bonds. The molecule has 0 radical (unpaired) electrons. The van der Waals surface area contributed by atoms with Crippen molar-refractivity contribution in [3.8, 4) is 16.9 Å². The zero-order valence-corrected chi connectivity index (χ0v) is 22.6. The Morgan fingerprint density at radius 2 is 1.48 bits per heavy atom. The van der Waals surface area contributed by atoms with E-state index in [2.05, 4.69) is 34.6 Å². The minimum atomic E-state index is -0.942. The molecule has 0 bridgehead atoms. The van der Waals surface area contributed by atoms with Crippen LogP contribution in [0.3, 0.4) is 0 Å². The van der Waals surface area contributed by atoms with Gasteiger partial charge in [0.15, 0.2) is 0 Å². The van der Waals surface area contributed by atoms with Gasteiger partial charge < -0.3 is 24.5 Å². The number of aromatic nitrogens is 1. The number of carbonyl (C=O) groups excluding carboxylic acids is 2. The summed E-state index contributed by atoms with van der Waals surface area (Å²) in [5.41, 5.74) is 7.20. The van der Waals surface area contributed by atoms with Gasteiger partial charge in [-0.05, 0) is 51.6 Å². The summed E-state index contributed by atoms with van der Waals surface area (Å²) in [7, 11) is 1.60. The smallest absolute Gasteiger partial charge is 0.407 e. The van der Waals surface area contributed by atoms with Crippen molar-refractivity contribution in [1.82, 2.24) is 10.3 Å². The molecule has 1 aliphatic rings. The molecule has 7 heteroatoms. The lowest BCUT2D eigenvalue weighted by atomic mass is 9.98. The van der Waals surface area contributed by atoms with Crippen molar-refractivity contribution in [3.05, 3.63) is 126 Å². The number of fused-ring (bicyclic) bond motifs is 4. The number of alkyl carbamates (subject to hydrolysis) is 1. The second-order valence-corrected chi connectivity index (χ2v) is 10.0. The van der Waals surface area contributed by atoms with Gasteiger partial charge in [-0.25, -0.2) is 9.59 Å². The van der Waals surface area contributed by atoms with E-state index in [1.54, 1.807) is 7.11 Å². The van der Waals surface area contributed by atoms with Crippen LogP contribution in [-0.2, 0) is 27.3 Å². The van der Waals surface area contributed by atoms with Crippen molar-refractivity contribution in [1.29, 1.82) is 0 Å². The summed E-state index contributed by atoms with van der Waals surface area (Å²) >= 11 is 0. The van der Waals surface area contributed by atoms with Gasteiger partial charge >= 0.3 is 12.1 Å². The van der Waals surface area contributed by atoms with Gasteiger partial charge in [-0.3, -0.25) is 0 Å². The highest BCUT2D eigenvalue weighted by Gasteiger charge is 2.30. The predicted octanol–water partition coefficient (Wildman–Crippen LogP) is 7.01. The van der Waals surface area contributed by atoms with Crippen molar-refractivity contribution in [3.63, 3.8) is 0 Å². The summed E-state index contributed by atoms with van der Waals surface area (Å²) in [4.78, 5) is 29.6. The van der Waals surface area contributed by atoms with E-state index in [-0.39, 0.29) is 33.0 Å². The molecule has 1 aromatic heterocycles. The standard InChI is InChI=1S/C34H30N2O5.CH4/c1-39-24-16-14-22(15-17-24)20-40-33(37)32(18-23-19-35-31-13-7-6-8-25(23)31)36-34(38)41-21-30-28-11-4-2-9-26(28)27-10-3-5-12-29(27)30;/h2-17,19,30,32,35H,18,20-21H2,1H3,(H,36,38);1H4/t32-;/m1./s1. The van der Waals surface area contributed by atoms with Crippen molar-refractivity contribution < 1.29 is 23.8 Å². The van der Waals surface area contributed by atoms with Crippen LogP contribution in [0, 0.1) is 0 Å². The lowest BCUT2D eigenvalue weighted by Gasteiger charge is -2.19. The van der Waals surface area contributed by atoms with Gasteiger partial charge in [0.25, 0.3) is 0 Å². The van der Waals surface area contributed by atoms with Crippen LogP contribution in [0.1, 0.15) is 35.6 Å². The van der Waals surface area contributed by atoms with E-state index in [4.69, 9.17) is 14.2 Å². The lowest BCUT2D eigenvalue weighted by molar-refractivity contribution is -0.147. The van der Waals surface area contributed by atoms with E-state index in [1.165, 1.54) is 0 Å². The Bertz CT molecular complexity index is 1650. The Kier molecular flexibility index (Phi) is 8.58. The quantitative estimate of drug-likeness (QED) is 0.189. The van der Waals surface area contributed by atoms with Gasteiger partial charge in [0, 0.05) is 29.4 Å². The molecule has 42 heavy (non-hydrogen) atoms. The zero-order valence-electron chi connectivity index (χ0n) is 22.6. The maximum absolute atomic E-state index is 13.3. The highest BCUT2D eigenvalue weighted by atomic mass is 16.6. The number of ether oxygens (including phenoxy) is 3. The molecule has 0 saturated carbocycles. The first kappa shape index (κ1) is 28.5. The maximum atomic E-state index is 13.3. The normalized spacial score (nSPS) is 12.5. The van der Waals surface area contributed by atoms with Gasteiger partial charge in [-0.15, -0.1) is 0 Å². The van der Waals surface area contributed by atoms with Crippen LogP contribution in [0.5, 0.6) is 5.75 Å². The van der Waals surface area contributed by atoms with E-state index in [0.29, 0.717) is 5.75 Å². The molecule has 4 aromatic carbocycles. The number of amides is 1. The Balaban J connectivity index is 0.00000353. The third kappa shape index (κ3) is 5.86. The molecule has 0 saturated heterocycles. The molecule has 2 N–H and O–H groups in total. The fraction of sp³-hybridized carbons (Fsp3) is 0.200. The van der Waals surface area contributed by atoms with Gasteiger partial charge in [-0.1, -0.05) is 86.3 Å². The molecule has 214 valence electrons. The average molecular weight is 563 g/mol. The van der Waals surface area contributed by atoms with Gasteiger partial charge in [-0.2, -0.15) is 0 Å². The topological polar surface area (TPSA) is 89.7 Å². The number of para-hydroxylation sites is 1. The van der Waals surface area contributed by atoms with Gasteiger partial charge in [0.05, 0.1) is 7.11 Å². The molecule has 5 aromatic rings. The van der Waals surface area contributed by atoms with Crippen LogP contribution in [-0.4, -0.2) is 36.8 Å². The van der Waals surface area contributed by atoms with Crippen LogP contribution < -0.4 is 10.1 Å². The summed E-state index contributed by atoms with van der Waals surface area (Å²) in [6.07, 6.45) is 1.43. The number of aromatic amines is 1. The molecule has 1 heterocycles. The molecule has 0 unspecified atom stereocenters. The fourth-order valence-electron chi connectivity index (χ4n) is 5.47. The van der Waals surface area contributed by atoms with Gasteiger partial charge in [0.2, 0.25) is 0 Å². The number of methoxy groups -OCH3 is 1. The van der Waals surface area contributed by atoms with E-state index in [9.17, 15) is 9.59 Å². The van der Waals surface area contributed by atoms with Crippen LogP contribution in [0.4, 0.5) is 4.79 Å². The first-order chi connectivity index (χ1) is 20.1. The Hall–Kier alpha value is -5.04. The molecular formula is C35H34N2O5.